The number of carbonyl (C=O) groups excluding carboxylic acids is 1. The first-order chi connectivity index (χ1) is 13.8. The van der Waals surface area contributed by atoms with Crippen LogP contribution in [-0.2, 0) is 16.0 Å². The van der Waals surface area contributed by atoms with Crippen LogP contribution in [0.25, 0.3) is 0 Å². The number of nitrogens with zero attached hydrogens (tertiary/aromatic N) is 3. The van der Waals surface area contributed by atoms with Crippen LogP contribution >= 0.6 is 0 Å². The van der Waals surface area contributed by atoms with E-state index in [0.29, 0.717) is 25.7 Å². The summed E-state index contributed by atoms with van der Waals surface area (Å²) in [6.45, 7) is 13.8. The molecule has 1 unspecified atom stereocenters. The summed E-state index contributed by atoms with van der Waals surface area (Å²) in [5.74, 6) is 0.467. The molecule has 29 heavy (non-hydrogen) atoms. The lowest BCUT2D eigenvalue weighted by Crippen LogP contribution is -2.32. The third-order valence-corrected chi connectivity index (χ3v) is 4.73. The highest BCUT2D eigenvalue weighted by atomic mass is 16.7. The standard InChI is InChI=1S/C22H34N4O3/c1-7-28-20(29-8-2)14-26-13-19(24-25-26)22(27)23-21(16(5)6)18-11-9-17(10-12-18)15(3)4/h9-13,15-16,20-21H,7-8,14H2,1-6H3,(H,23,27). The van der Waals surface area contributed by atoms with Crippen LogP contribution in [0.5, 0.6) is 0 Å². The molecule has 0 aliphatic carbocycles. The van der Waals surface area contributed by atoms with Gasteiger partial charge in [0.25, 0.3) is 5.91 Å². The first kappa shape index (κ1) is 23.0. The van der Waals surface area contributed by atoms with E-state index in [1.807, 2.05) is 13.8 Å². The summed E-state index contributed by atoms with van der Waals surface area (Å²) in [5.41, 5.74) is 2.64. The molecule has 0 bridgehead atoms. The lowest BCUT2D eigenvalue weighted by atomic mass is 9.93. The Balaban J connectivity index is 2.07. The minimum atomic E-state index is -0.412. The number of carbonyl (C=O) groups is 1. The molecule has 1 atom stereocenters. The molecular formula is C22H34N4O3. The van der Waals surface area contributed by atoms with Gasteiger partial charge >= 0.3 is 0 Å². The van der Waals surface area contributed by atoms with Crippen molar-refractivity contribution in [2.45, 2.75) is 66.3 Å². The maximum Gasteiger partial charge on any atom is 0.273 e. The maximum absolute atomic E-state index is 12.8. The van der Waals surface area contributed by atoms with Gasteiger partial charge in [-0.15, -0.1) is 5.10 Å². The van der Waals surface area contributed by atoms with Crippen molar-refractivity contribution >= 4 is 5.91 Å². The van der Waals surface area contributed by atoms with E-state index in [4.69, 9.17) is 9.47 Å². The molecule has 7 heteroatoms. The van der Waals surface area contributed by atoms with Gasteiger partial charge in [-0.25, -0.2) is 4.68 Å². The van der Waals surface area contributed by atoms with Crippen molar-refractivity contribution in [2.24, 2.45) is 5.92 Å². The van der Waals surface area contributed by atoms with Gasteiger partial charge in [0.2, 0.25) is 0 Å². The Morgan fingerprint density at radius 2 is 1.62 bits per heavy atom. The van der Waals surface area contributed by atoms with E-state index in [9.17, 15) is 4.79 Å². The molecule has 7 nitrogen and oxygen atoms in total. The quantitative estimate of drug-likeness (QED) is 0.576. The van der Waals surface area contributed by atoms with E-state index in [0.717, 1.165) is 5.56 Å². The van der Waals surface area contributed by atoms with Gasteiger partial charge < -0.3 is 14.8 Å². The van der Waals surface area contributed by atoms with Gasteiger partial charge in [-0.2, -0.15) is 0 Å². The minimum Gasteiger partial charge on any atom is -0.351 e. The highest BCUT2D eigenvalue weighted by Gasteiger charge is 2.21. The van der Waals surface area contributed by atoms with Crippen molar-refractivity contribution in [2.75, 3.05) is 13.2 Å². The molecule has 2 aromatic rings. The normalized spacial score (nSPS) is 12.7. The fraction of sp³-hybridized carbons (Fsp3) is 0.591. The summed E-state index contributed by atoms with van der Waals surface area (Å²) < 4.78 is 12.6. The van der Waals surface area contributed by atoms with Gasteiger partial charge in [0, 0.05) is 13.2 Å². The third kappa shape index (κ3) is 6.65. The number of rotatable bonds is 11. The summed E-state index contributed by atoms with van der Waals surface area (Å²) in [5, 5.41) is 11.2. The predicted molar refractivity (Wildman–Crippen MR) is 113 cm³/mol. The molecule has 1 aromatic carbocycles. The van der Waals surface area contributed by atoms with Crippen LogP contribution in [0.2, 0.25) is 0 Å². The zero-order chi connectivity index (χ0) is 21.4. The number of amides is 1. The van der Waals surface area contributed by atoms with Crippen LogP contribution in [0.1, 0.15) is 75.1 Å². The first-order valence-electron chi connectivity index (χ1n) is 10.4. The molecule has 0 aliphatic heterocycles. The van der Waals surface area contributed by atoms with E-state index >= 15 is 0 Å². The molecule has 160 valence electrons. The molecule has 0 fully saturated rings. The molecular weight excluding hydrogens is 368 g/mol. The minimum absolute atomic E-state index is 0.103. The highest BCUT2D eigenvalue weighted by molar-refractivity contribution is 5.92. The molecule has 0 aliphatic rings. The smallest absolute Gasteiger partial charge is 0.273 e. The average molecular weight is 403 g/mol. The zero-order valence-corrected chi connectivity index (χ0v) is 18.4. The molecule has 1 amide bonds. The third-order valence-electron chi connectivity index (χ3n) is 4.73. The van der Waals surface area contributed by atoms with Gasteiger partial charge in [-0.3, -0.25) is 4.79 Å². The van der Waals surface area contributed by atoms with Crippen LogP contribution < -0.4 is 5.32 Å². The van der Waals surface area contributed by atoms with Crippen LogP contribution in [0, 0.1) is 5.92 Å². The van der Waals surface area contributed by atoms with Crippen LogP contribution in [0.3, 0.4) is 0 Å². The van der Waals surface area contributed by atoms with Crippen LogP contribution in [0.4, 0.5) is 0 Å². The van der Waals surface area contributed by atoms with Crippen molar-refractivity contribution < 1.29 is 14.3 Å². The van der Waals surface area contributed by atoms with E-state index < -0.39 is 6.29 Å². The Bertz CT molecular complexity index is 750. The second-order valence-electron chi connectivity index (χ2n) is 7.68. The van der Waals surface area contributed by atoms with Gasteiger partial charge in [-0.05, 0) is 36.8 Å². The zero-order valence-electron chi connectivity index (χ0n) is 18.4. The fourth-order valence-electron chi connectivity index (χ4n) is 3.11. The van der Waals surface area contributed by atoms with Crippen molar-refractivity contribution in [3.63, 3.8) is 0 Å². The van der Waals surface area contributed by atoms with Crippen molar-refractivity contribution in [3.05, 3.63) is 47.3 Å². The van der Waals surface area contributed by atoms with E-state index in [1.165, 1.54) is 5.56 Å². The summed E-state index contributed by atoms with van der Waals surface area (Å²) in [4.78, 5) is 12.8. The van der Waals surface area contributed by atoms with Gasteiger partial charge in [0.1, 0.15) is 0 Å². The maximum atomic E-state index is 12.8. The van der Waals surface area contributed by atoms with E-state index in [1.54, 1.807) is 10.9 Å². The van der Waals surface area contributed by atoms with Crippen molar-refractivity contribution in [1.82, 2.24) is 20.3 Å². The molecule has 0 radical (unpaired) electrons. The second kappa shape index (κ2) is 11.1. The summed E-state index contributed by atoms with van der Waals surface area (Å²) in [7, 11) is 0. The Kier molecular flexibility index (Phi) is 8.79. The Labute approximate surface area is 173 Å². The number of hydrogen-bond acceptors (Lipinski definition) is 5. The molecule has 1 N–H and O–H groups in total. The van der Waals surface area contributed by atoms with Crippen LogP contribution in [0.15, 0.2) is 30.5 Å². The number of ether oxygens (including phenoxy) is 2. The SMILES string of the molecule is CCOC(Cn1cc(C(=O)NC(c2ccc(C(C)C)cc2)C(C)C)nn1)OCC. The average Bonchev–Trinajstić information content (AvgIpc) is 3.15. The topological polar surface area (TPSA) is 78.3 Å². The van der Waals surface area contributed by atoms with E-state index in [2.05, 4.69) is 67.6 Å². The number of hydrogen-bond donors (Lipinski definition) is 1. The van der Waals surface area contributed by atoms with E-state index in [-0.39, 0.29) is 23.6 Å². The Morgan fingerprint density at radius 3 is 2.14 bits per heavy atom. The van der Waals surface area contributed by atoms with Crippen molar-refractivity contribution in [1.29, 1.82) is 0 Å². The molecule has 1 aromatic heterocycles. The highest BCUT2D eigenvalue weighted by Crippen LogP contribution is 2.24. The lowest BCUT2D eigenvalue weighted by Gasteiger charge is -2.23. The van der Waals surface area contributed by atoms with Gasteiger partial charge in [0.15, 0.2) is 12.0 Å². The molecule has 0 saturated carbocycles. The Morgan fingerprint density at radius 1 is 1.03 bits per heavy atom. The first-order valence-corrected chi connectivity index (χ1v) is 10.4. The summed E-state index contributed by atoms with van der Waals surface area (Å²) in [6, 6.07) is 8.32. The largest absolute Gasteiger partial charge is 0.351 e. The van der Waals surface area contributed by atoms with Gasteiger partial charge in [0.05, 0.1) is 18.8 Å². The fourth-order valence-corrected chi connectivity index (χ4v) is 3.11. The number of benzene rings is 1. The summed E-state index contributed by atoms with van der Waals surface area (Å²) in [6.07, 6.45) is 1.21. The van der Waals surface area contributed by atoms with Crippen molar-refractivity contribution in [3.8, 4) is 0 Å². The lowest BCUT2D eigenvalue weighted by molar-refractivity contribution is -0.145. The molecule has 2 rings (SSSR count). The molecule has 0 saturated heterocycles. The molecule has 1 heterocycles. The van der Waals surface area contributed by atoms with Gasteiger partial charge in [-0.1, -0.05) is 57.2 Å². The monoisotopic (exact) mass is 402 g/mol. The van der Waals surface area contributed by atoms with Crippen LogP contribution in [-0.4, -0.2) is 40.4 Å². The number of aromatic nitrogens is 3. The predicted octanol–water partition coefficient (Wildman–Crippen LogP) is 3.93. The molecule has 0 spiro atoms. The Hall–Kier alpha value is -2.25. The number of nitrogens with one attached hydrogen (secondary N) is 1. The second-order valence-corrected chi connectivity index (χ2v) is 7.68. The summed E-state index contributed by atoms with van der Waals surface area (Å²) >= 11 is 0.